The van der Waals surface area contributed by atoms with E-state index in [-0.39, 0.29) is 34.9 Å². The van der Waals surface area contributed by atoms with Crippen LogP contribution in [0.15, 0.2) is 60.9 Å². The Kier molecular flexibility index (Phi) is 8.17. The minimum Gasteiger partial charge on any atom is -0.348 e. The van der Waals surface area contributed by atoms with Gasteiger partial charge in [-0.1, -0.05) is 37.3 Å². The summed E-state index contributed by atoms with van der Waals surface area (Å²) in [5, 5.41) is 5.29. The lowest BCUT2D eigenvalue weighted by Crippen LogP contribution is -2.48. The van der Waals surface area contributed by atoms with Gasteiger partial charge in [0.2, 0.25) is 5.91 Å². The highest BCUT2D eigenvalue weighted by molar-refractivity contribution is 6.07. The smallest absolute Gasteiger partial charge is 0.273 e. The molecule has 2 N–H and O–H groups in total. The Bertz CT molecular complexity index is 1260. The van der Waals surface area contributed by atoms with Gasteiger partial charge in [-0.3, -0.25) is 14.4 Å². The molecule has 0 spiro atoms. The Morgan fingerprint density at radius 1 is 0.973 bits per heavy atom. The fourth-order valence-electron chi connectivity index (χ4n) is 4.42. The number of rotatable bonds is 7. The molecule has 0 saturated carbocycles. The summed E-state index contributed by atoms with van der Waals surface area (Å²) in [6, 6.07) is 11.9. The van der Waals surface area contributed by atoms with Crippen molar-refractivity contribution in [2.75, 3.05) is 18.4 Å². The summed E-state index contributed by atoms with van der Waals surface area (Å²) in [6.45, 7) is 3.00. The van der Waals surface area contributed by atoms with E-state index in [0.717, 1.165) is 17.7 Å². The number of carbonyl (C=O) groups excluding carboxylic acids is 3. The van der Waals surface area contributed by atoms with Crippen molar-refractivity contribution in [2.24, 2.45) is 0 Å². The quantitative estimate of drug-likeness (QED) is 0.505. The van der Waals surface area contributed by atoms with Crippen LogP contribution >= 0.6 is 0 Å². The molecule has 0 aliphatic carbocycles. The van der Waals surface area contributed by atoms with Gasteiger partial charge in [-0.05, 0) is 37.0 Å². The van der Waals surface area contributed by atoms with Gasteiger partial charge in [0, 0.05) is 43.2 Å². The number of amides is 3. The third kappa shape index (κ3) is 6.32. The maximum Gasteiger partial charge on any atom is 0.273 e. The molecule has 1 aliphatic heterocycles. The number of likely N-dealkylation sites (tertiary alicyclic amines) is 1. The first-order valence-electron chi connectivity index (χ1n) is 12.1. The third-order valence-corrected chi connectivity index (χ3v) is 6.32. The van der Waals surface area contributed by atoms with Crippen LogP contribution in [0.5, 0.6) is 0 Å². The van der Waals surface area contributed by atoms with Gasteiger partial charge in [0.15, 0.2) is 11.5 Å². The number of nitrogens with zero attached hydrogens (tertiary/aromatic N) is 3. The average molecular weight is 508 g/mol. The number of hydrogen-bond donors (Lipinski definition) is 2. The normalized spacial score (nSPS) is 14.6. The number of benzene rings is 2. The molecule has 0 bridgehead atoms. The monoisotopic (exact) mass is 507 g/mol. The lowest BCUT2D eigenvalue weighted by atomic mass is 9.93. The number of nitrogens with one attached hydrogen (secondary N) is 2. The van der Waals surface area contributed by atoms with E-state index in [1.165, 1.54) is 12.4 Å². The first kappa shape index (κ1) is 25.9. The van der Waals surface area contributed by atoms with Crippen molar-refractivity contribution in [2.45, 2.75) is 38.1 Å². The van der Waals surface area contributed by atoms with Crippen LogP contribution in [0.3, 0.4) is 0 Å². The van der Waals surface area contributed by atoms with Crippen LogP contribution in [-0.4, -0.2) is 51.7 Å². The molecule has 1 unspecified atom stereocenters. The van der Waals surface area contributed by atoms with Gasteiger partial charge in [0.05, 0.1) is 5.92 Å². The van der Waals surface area contributed by atoms with Crippen LogP contribution in [0.1, 0.15) is 58.5 Å². The summed E-state index contributed by atoms with van der Waals surface area (Å²) in [5.74, 6) is -3.44. The molecule has 192 valence electrons. The molecule has 1 aliphatic rings. The molecular formula is C27H27F2N5O3. The molecule has 0 radical (unpaired) electrons. The van der Waals surface area contributed by atoms with Gasteiger partial charge in [-0.25, -0.2) is 18.7 Å². The van der Waals surface area contributed by atoms with E-state index in [1.807, 2.05) is 42.2 Å². The Morgan fingerprint density at radius 2 is 1.62 bits per heavy atom. The Labute approximate surface area is 213 Å². The second kappa shape index (κ2) is 11.7. The van der Waals surface area contributed by atoms with Gasteiger partial charge < -0.3 is 15.5 Å². The molecule has 1 atom stereocenters. The summed E-state index contributed by atoms with van der Waals surface area (Å²) in [6.07, 6.45) is 4.42. The Morgan fingerprint density at radius 3 is 2.27 bits per heavy atom. The van der Waals surface area contributed by atoms with Gasteiger partial charge in [-0.15, -0.1) is 0 Å². The van der Waals surface area contributed by atoms with Crippen molar-refractivity contribution in [1.29, 1.82) is 0 Å². The number of hydrogen-bond acceptors (Lipinski definition) is 5. The van der Waals surface area contributed by atoms with E-state index in [9.17, 15) is 23.2 Å². The lowest BCUT2D eigenvalue weighted by molar-refractivity contribution is -0.134. The molecule has 1 saturated heterocycles. The van der Waals surface area contributed by atoms with Crippen molar-refractivity contribution in [1.82, 2.24) is 20.2 Å². The second-order valence-electron chi connectivity index (χ2n) is 8.81. The fourth-order valence-corrected chi connectivity index (χ4v) is 4.42. The molecule has 8 nitrogen and oxygen atoms in total. The highest BCUT2D eigenvalue weighted by atomic mass is 19.1. The Balaban J connectivity index is 1.36. The minimum absolute atomic E-state index is 0.0752. The first-order valence-corrected chi connectivity index (χ1v) is 12.1. The SMILES string of the molecule is CCC(C(=O)N1CCC(NC(=O)c2nccnc2NC(=O)c2cc(F)cc(F)c2)CC1)c1ccccc1. The number of piperidine rings is 1. The Hall–Kier alpha value is -4.21. The molecule has 3 aromatic rings. The summed E-state index contributed by atoms with van der Waals surface area (Å²) in [4.78, 5) is 48.4. The molecule has 4 rings (SSSR count). The highest BCUT2D eigenvalue weighted by Crippen LogP contribution is 2.24. The lowest BCUT2D eigenvalue weighted by Gasteiger charge is -2.34. The van der Waals surface area contributed by atoms with Gasteiger partial charge in [0.25, 0.3) is 11.8 Å². The summed E-state index contributed by atoms with van der Waals surface area (Å²) >= 11 is 0. The van der Waals surface area contributed by atoms with Crippen molar-refractivity contribution < 1.29 is 23.2 Å². The van der Waals surface area contributed by atoms with Crippen LogP contribution in [0, 0.1) is 11.6 Å². The zero-order valence-electron chi connectivity index (χ0n) is 20.3. The summed E-state index contributed by atoms with van der Waals surface area (Å²) in [7, 11) is 0. The maximum absolute atomic E-state index is 13.5. The molecule has 1 fully saturated rings. The molecule has 10 heteroatoms. The summed E-state index contributed by atoms with van der Waals surface area (Å²) in [5.41, 5.74) is 0.609. The van der Waals surface area contributed by atoms with Crippen molar-refractivity contribution in [3.05, 3.63) is 89.4 Å². The standard InChI is InChI=1S/C27H27F2N5O3/c1-2-22(17-6-4-3-5-7-17)27(37)34-12-8-21(9-13-34)32-26(36)23-24(31-11-10-30-23)33-25(35)18-14-19(28)16-20(29)15-18/h3-7,10-11,14-16,21-22H,2,8-9,12-13H2,1H3,(H,32,36)(H,31,33,35). The topological polar surface area (TPSA) is 104 Å². The van der Waals surface area contributed by atoms with Crippen molar-refractivity contribution in [3.8, 4) is 0 Å². The fraction of sp³-hybridized carbons (Fsp3) is 0.296. The number of aromatic nitrogens is 2. The van der Waals surface area contributed by atoms with Crippen molar-refractivity contribution >= 4 is 23.5 Å². The van der Waals surface area contributed by atoms with E-state index in [4.69, 9.17) is 0 Å². The molecule has 1 aromatic heterocycles. The largest absolute Gasteiger partial charge is 0.348 e. The first-order chi connectivity index (χ1) is 17.9. The van der Waals surface area contributed by atoms with Gasteiger partial charge in [-0.2, -0.15) is 0 Å². The van der Waals surface area contributed by atoms with E-state index >= 15 is 0 Å². The second-order valence-corrected chi connectivity index (χ2v) is 8.81. The number of halogens is 2. The molecular weight excluding hydrogens is 480 g/mol. The van der Waals surface area contributed by atoms with E-state index < -0.39 is 23.4 Å². The van der Waals surface area contributed by atoms with Crippen molar-refractivity contribution in [3.63, 3.8) is 0 Å². The van der Waals surface area contributed by atoms with Crippen LogP contribution in [-0.2, 0) is 4.79 Å². The van der Waals surface area contributed by atoms with Crippen LogP contribution in [0.2, 0.25) is 0 Å². The predicted octanol–water partition coefficient (Wildman–Crippen LogP) is 3.92. The highest BCUT2D eigenvalue weighted by Gasteiger charge is 2.29. The predicted molar refractivity (Wildman–Crippen MR) is 133 cm³/mol. The van der Waals surface area contributed by atoms with E-state index in [1.54, 1.807) is 0 Å². The third-order valence-electron chi connectivity index (χ3n) is 6.32. The van der Waals surface area contributed by atoms with Crippen LogP contribution in [0.4, 0.5) is 14.6 Å². The van der Waals surface area contributed by atoms with Gasteiger partial charge >= 0.3 is 0 Å². The van der Waals surface area contributed by atoms with Gasteiger partial charge in [0.1, 0.15) is 11.6 Å². The zero-order valence-corrected chi connectivity index (χ0v) is 20.3. The van der Waals surface area contributed by atoms with Crippen LogP contribution < -0.4 is 10.6 Å². The van der Waals surface area contributed by atoms with E-state index in [2.05, 4.69) is 20.6 Å². The number of carbonyl (C=O) groups is 3. The average Bonchev–Trinajstić information content (AvgIpc) is 2.90. The molecule has 2 heterocycles. The maximum atomic E-state index is 13.5. The molecule has 2 aromatic carbocycles. The molecule has 37 heavy (non-hydrogen) atoms. The zero-order chi connectivity index (χ0) is 26.4. The minimum atomic E-state index is -0.902. The number of anilines is 1. The van der Waals surface area contributed by atoms with Crippen LogP contribution in [0.25, 0.3) is 0 Å². The molecule has 3 amide bonds. The van der Waals surface area contributed by atoms with E-state index in [0.29, 0.717) is 38.4 Å². The summed E-state index contributed by atoms with van der Waals surface area (Å²) < 4.78 is 27.0.